The number of aliphatic hydroxyl groups excluding tert-OH is 1. The van der Waals surface area contributed by atoms with Gasteiger partial charge in [-0.15, -0.1) is 0 Å². The molecule has 0 spiro atoms. The van der Waals surface area contributed by atoms with Crippen molar-refractivity contribution < 1.29 is 28.4 Å². The van der Waals surface area contributed by atoms with Gasteiger partial charge in [-0.05, 0) is 52.2 Å². The number of aryl methyl sites for hydroxylation is 1. The number of rotatable bonds is 11. The van der Waals surface area contributed by atoms with Gasteiger partial charge in [0.05, 0.1) is 47.7 Å². The van der Waals surface area contributed by atoms with Crippen LogP contribution in [0, 0.1) is 12.3 Å². The standard InChI is InChI=1S/C24H32N6O5S2/c1-6-26-18(23(32)28-12-16-9-15(2)36-29-16)10-17(25)19-13-27-22-11-20(35-8-7-31)21(14-30(19)22)37(33,34)24(3,4)5/h9-11,13-14,25-26,31H,6-8,12H2,1-5H3,(H,28,32)/p+1/b18-10-,25-17?. The second-order valence-corrected chi connectivity index (χ2v) is 13.0. The van der Waals surface area contributed by atoms with E-state index in [1.807, 2.05) is 19.9 Å². The van der Waals surface area contributed by atoms with Crippen LogP contribution in [0.5, 0.6) is 5.75 Å². The number of aliphatic hydroxyl groups is 1. The third-order valence-electron chi connectivity index (χ3n) is 5.39. The first-order valence-electron chi connectivity index (χ1n) is 11.7. The number of quaternary nitrogens is 1. The van der Waals surface area contributed by atoms with E-state index in [0.29, 0.717) is 23.6 Å². The molecule has 1 amide bonds. The molecule has 13 heteroatoms. The number of hydrogen-bond donors (Lipinski definition) is 4. The van der Waals surface area contributed by atoms with Gasteiger partial charge in [0.15, 0.2) is 15.5 Å². The quantitative estimate of drug-likeness (QED) is 0.206. The third-order valence-corrected chi connectivity index (χ3v) is 8.62. The number of fused-ring (bicyclic) bond motifs is 1. The first kappa shape index (κ1) is 28.4. The molecule has 200 valence electrons. The molecular weight excluding hydrogens is 516 g/mol. The lowest BCUT2D eigenvalue weighted by Gasteiger charge is -2.21. The van der Waals surface area contributed by atoms with E-state index in [1.165, 1.54) is 40.5 Å². The van der Waals surface area contributed by atoms with Crippen LogP contribution in [0.1, 0.15) is 44.0 Å². The predicted octanol–water partition coefficient (Wildman–Crippen LogP) is 1.19. The Labute approximate surface area is 220 Å². The molecule has 0 aliphatic carbocycles. The highest BCUT2D eigenvalue weighted by Crippen LogP contribution is 2.33. The number of likely N-dealkylation sites (N-methyl/N-ethyl adjacent to an activating group) is 1. The minimum Gasteiger partial charge on any atom is -0.490 e. The number of nitrogens with zero attached hydrogens (tertiary/aromatic N) is 3. The molecule has 3 rings (SSSR count). The number of allylic oxidation sites excluding steroid dienone is 1. The average Bonchev–Trinajstić information content (AvgIpc) is 3.44. The van der Waals surface area contributed by atoms with Crippen molar-refractivity contribution in [1.29, 1.82) is 5.41 Å². The van der Waals surface area contributed by atoms with E-state index < -0.39 is 14.6 Å². The highest BCUT2D eigenvalue weighted by atomic mass is 32.2. The number of carbonyl (C=O) groups is 1. The fourth-order valence-corrected chi connectivity index (χ4v) is 5.28. The lowest BCUT2D eigenvalue weighted by Crippen LogP contribution is -2.83. The molecule has 0 bridgehead atoms. The number of carbonyl (C=O) groups excluding carboxylic acids is 1. The van der Waals surface area contributed by atoms with Crippen molar-refractivity contribution in [2.45, 2.75) is 50.8 Å². The molecule has 3 aromatic heterocycles. The van der Waals surface area contributed by atoms with Gasteiger partial charge in [-0.2, -0.15) is 4.37 Å². The summed E-state index contributed by atoms with van der Waals surface area (Å²) in [6.45, 7) is 9.06. The number of hydrogen-bond acceptors (Lipinski definition) is 9. The first-order valence-corrected chi connectivity index (χ1v) is 14.0. The maximum absolute atomic E-state index is 13.3. The molecule has 11 nitrogen and oxygen atoms in total. The molecular formula is C24H33N6O5S2+. The van der Waals surface area contributed by atoms with E-state index in [9.17, 15) is 18.3 Å². The Balaban J connectivity index is 1.99. The lowest BCUT2D eigenvalue weighted by atomic mass is 10.2. The van der Waals surface area contributed by atoms with Gasteiger partial charge >= 0.3 is 5.91 Å². The molecule has 3 heterocycles. The maximum Gasteiger partial charge on any atom is 0.305 e. The van der Waals surface area contributed by atoms with Crippen molar-refractivity contribution in [3.63, 3.8) is 0 Å². The van der Waals surface area contributed by atoms with Crippen molar-refractivity contribution in [2.24, 2.45) is 0 Å². The third kappa shape index (κ3) is 6.42. The molecule has 0 unspecified atom stereocenters. The van der Waals surface area contributed by atoms with Crippen LogP contribution in [0.2, 0.25) is 0 Å². The van der Waals surface area contributed by atoms with Gasteiger partial charge in [-0.25, -0.2) is 13.4 Å². The van der Waals surface area contributed by atoms with E-state index in [2.05, 4.69) is 14.7 Å². The summed E-state index contributed by atoms with van der Waals surface area (Å²) in [5.41, 5.74) is 1.71. The maximum atomic E-state index is 13.3. The fourth-order valence-electron chi connectivity index (χ4n) is 3.43. The van der Waals surface area contributed by atoms with Gasteiger partial charge in [0.25, 0.3) is 0 Å². The van der Waals surface area contributed by atoms with Crippen molar-refractivity contribution in [2.75, 3.05) is 19.8 Å². The van der Waals surface area contributed by atoms with Gasteiger partial charge < -0.3 is 20.5 Å². The largest absolute Gasteiger partial charge is 0.490 e. The number of imidazole rings is 1. The van der Waals surface area contributed by atoms with E-state index in [4.69, 9.17) is 10.1 Å². The summed E-state index contributed by atoms with van der Waals surface area (Å²) >= 11 is 1.36. The predicted molar refractivity (Wildman–Crippen MR) is 141 cm³/mol. The van der Waals surface area contributed by atoms with Crippen LogP contribution in [-0.2, 0) is 21.2 Å². The van der Waals surface area contributed by atoms with Crippen molar-refractivity contribution >= 4 is 38.6 Å². The van der Waals surface area contributed by atoms with E-state index in [-0.39, 0.29) is 42.0 Å². The number of sulfone groups is 1. The summed E-state index contributed by atoms with van der Waals surface area (Å²) < 4.78 is 36.8. The molecule has 0 saturated carbocycles. The average molecular weight is 550 g/mol. The monoisotopic (exact) mass is 549 g/mol. The van der Waals surface area contributed by atoms with E-state index in [1.54, 1.807) is 26.1 Å². The summed E-state index contributed by atoms with van der Waals surface area (Å²) in [5, 5.41) is 22.4. The summed E-state index contributed by atoms with van der Waals surface area (Å²) in [6.07, 6.45) is 4.25. The molecule has 37 heavy (non-hydrogen) atoms. The zero-order valence-electron chi connectivity index (χ0n) is 21.5. The molecule has 0 aromatic carbocycles. The van der Waals surface area contributed by atoms with Crippen LogP contribution in [0.3, 0.4) is 0 Å². The second-order valence-electron chi connectivity index (χ2n) is 9.30. The zero-order chi connectivity index (χ0) is 27.4. The number of nitrogens with two attached hydrogens (primary N) is 1. The minimum absolute atomic E-state index is 0.0185. The Morgan fingerprint density at radius 2 is 2.08 bits per heavy atom. The normalized spacial score (nSPS) is 12.6. The Kier molecular flexibility index (Phi) is 8.84. The number of pyridine rings is 1. The van der Waals surface area contributed by atoms with E-state index in [0.717, 1.165) is 10.6 Å². The molecule has 0 atom stereocenters. The molecule has 0 aliphatic rings. The topological polar surface area (TPSA) is 163 Å². The number of aromatic nitrogens is 3. The number of ether oxygens (including phenoxy) is 1. The lowest BCUT2D eigenvalue weighted by molar-refractivity contribution is -0.597. The molecule has 5 N–H and O–H groups in total. The van der Waals surface area contributed by atoms with Crippen LogP contribution in [0.15, 0.2) is 41.2 Å². The second kappa shape index (κ2) is 11.5. The SMILES string of the molecule is CC[NH2+]/C(=C\C(=N)c1cnc2cc(OCCO)c(S(=O)(=O)C(C)(C)C)cn12)C(=O)NCc1cc(C)sn1. The molecule has 0 aliphatic heterocycles. The Hall–Kier alpha value is -3.13. The van der Waals surface area contributed by atoms with Crippen LogP contribution in [-0.4, -0.2) is 63.4 Å². The van der Waals surface area contributed by atoms with Gasteiger partial charge in [-0.3, -0.25) is 14.6 Å². The molecule has 0 saturated heterocycles. The Morgan fingerprint density at radius 3 is 2.68 bits per heavy atom. The Morgan fingerprint density at radius 1 is 1.35 bits per heavy atom. The van der Waals surface area contributed by atoms with Crippen molar-refractivity contribution in [3.8, 4) is 5.75 Å². The summed E-state index contributed by atoms with van der Waals surface area (Å²) in [6, 6.07) is 3.37. The molecule has 0 fully saturated rings. The molecule has 0 radical (unpaired) electrons. The van der Waals surface area contributed by atoms with Gasteiger partial charge in [-0.1, -0.05) is 0 Å². The Bertz CT molecular complexity index is 1430. The van der Waals surface area contributed by atoms with Gasteiger partial charge in [0, 0.05) is 23.2 Å². The van der Waals surface area contributed by atoms with Crippen LogP contribution >= 0.6 is 11.5 Å². The van der Waals surface area contributed by atoms with Gasteiger partial charge in [0.1, 0.15) is 22.9 Å². The zero-order valence-corrected chi connectivity index (χ0v) is 23.2. The van der Waals surface area contributed by atoms with Crippen molar-refractivity contribution in [3.05, 3.63) is 52.6 Å². The van der Waals surface area contributed by atoms with Crippen LogP contribution in [0.4, 0.5) is 0 Å². The first-order chi connectivity index (χ1) is 17.4. The highest BCUT2D eigenvalue weighted by molar-refractivity contribution is 7.92. The van der Waals surface area contributed by atoms with Crippen LogP contribution in [0.25, 0.3) is 5.65 Å². The number of nitrogens with one attached hydrogen (secondary N) is 2. The van der Waals surface area contributed by atoms with Gasteiger partial charge in [0.2, 0.25) is 0 Å². The van der Waals surface area contributed by atoms with Crippen LogP contribution < -0.4 is 15.4 Å². The smallest absolute Gasteiger partial charge is 0.305 e. The highest BCUT2D eigenvalue weighted by Gasteiger charge is 2.34. The van der Waals surface area contributed by atoms with E-state index >= 15 is 0 Å². The fraction of sp³-hybridized carbons (Fsp3) is 0.417. The summed E-state index contributed by atoms with van der Waals surface area (Å²) in [5.74, 6) is -0.269. The summed E-state index contributed by atoms with van der Waals surface area (Å²) in [4.78, 5) is 18.1. The number of amides is 1. The van der Waals surface area contributed by atoms with Crippen molar-refractivity contribution in [1.82, 2.24) is 19.1 Å². The molecule has 3 aromatic rings. The minimum atomic E-state index is -3.84. The summed E-state index contributed by atoms with van der Waals surface area (Å²) in [7, 11) is -3.84.